The Morgan fingerprint density at radius 3 is 2.50 bits per heavy atom. The van der Waals surface area contributed by atoms with Gasteiger partial charge in [-0.15, -0.1) is 11.3 Å². The smallest absolute Gasteiger partial charge is 0.265 e. The summed E-state index contributed by atoms with van der Waals surface area (Å²) in [7, 11) is -3.80. The molecule has 0 atom stereocenters. The van der Waals surface area contributed by atoms with Gasteiger partial charge in [-0.1, -0.05) is 11.6 Å². The molecule has 0 aliphatic carbocycles. The second-order valence-corrected chi connectivity index (χ2v) is 7.67. The number of nitrogens with zero attached hydrogens (tertiary/aromatic N) is 1. The third-order valence-electron chi connectivity index (χ3n) is 2.86. The Balaban J connectivity index is 2.43. The third-order valence-corrected chi connectivity index (χ3v) is 5.78. The van der Waals surface area contributed by atoms with E-state index in [-0.39, 0.29) is 9.92 Å². The fraction of sp³-hybridized carbons (Fsp3) is 0.250. The van der Waals surface area contributed by atoms with Crippen LogP contribution in [0.2, 0.25) is 5.02 Å². The van der Waals surface area contributed by atoms with Crippen molar-refractivity contribution in [3.8, 4) is 0 Å². The summed E-state index contributed by atoms with van der Waals surface area (Å²) in [4.78, 5) is 5.05. The average molecular weight is 332 g/mol. The molecule has 3 N–H and O–H groups in total. The molecule has 1 aromatic carbocycles. The summed E-state index contributed by atoms with van der Waals surface area (Å²) < 4.78 is 27.1. The largest absolute Gasteiger partial charge is 0.398 e. The van der Waals surface area contributed by atoms with E-state index in [2.05, 4.69) is 9.71 Å². The van der Waals surface area contributed by atoms with Gasteiger partial charge in [-0.25, -0.2) is 13.4 Å². The van der Waals surface area contributed by atoms with E-state index < -0.39 is 10.0 Å². The highest BCUT2D eigenvalue weighted by Crippen LogP contribution is 2.30. The van der Waals surface area contributed by atoms with Crippen LogP contribution in [0, 0.1) is 20.8 Å². The summed E-state index contributed by atoms with van der Waals surface area (Å²) in [6.45, 7) is 5.46. The highest BCUT2D eigenvalue weighted by molar-refractivity contribution is 7.93. The first-order chi connectivity index (χ1) is 9.20. The zero-order valence-corrected chi connectivity index (χ0v) is 13.6. The molecule has 0 aliphatic heterocycles. The van der Waals surface area contributed by atoms with E-state index in [1.807, 2.05) is 13.8 Å². The number of nitrogens with one attached hydrogen (secondary N) is 1. The number of nitrogens with two attached hydrogens (primary N) is 1. The molecule has 0 saturated carbocycles. The molecule has 0 aliphatic rings. The molecular formula is C12H14ClN3O2S2. The summed E-state index contributed by atoms with van der Waals surface area (Å²) in [6.07, 6.45) is 0. The normalized spacial score (nSPS) is 11.6. The minimum atomic E-state index is -3.80. The van der Waals surface area contributed by atoms with E-state index in [4.69, 9.17) is 17.3 Å². The molecule has 0 unspecified atom stereocenters. The second-order valence-electron chi connectivity index (χ2n) is 4.41. The Morgan fingerprint density at radius 2 is 1.95 bits per heavy atom. The van der Waals surface area contributed by atoms with Crippen molar-refractivity contribution in [1.29, 1.82) is 0 Å². The van der Waals surface area contributed by atoms with E-state index in [1.165, 1.54) is 23.5 Å². The Morgan fingerprint density at radius 1 is 1.30 bits per heavy atom. The number of hydrogen-bond acceptors (Lipinski definition) is 5. The van der Waals surface area contributed by atoms with Crippen molar-refractivity contribution in [2.24, 2.45) is 0 Å². The number of rotatable bonds is 3. The van der Waals surface area contributed by atoms with Crippen LogP contribution < -0.4 is 10.5 Å². The zero-order valence-electron chi connectivity index (χ0n) is 11.2. The van der Waals surface area contributed by atoms with Crippen LogP contribution in [0.5, 0.6) is 0 Å². The van der Waals surface area contributed by atoms with Crippen LogP contribution in [0.15, 0.2) is 17.0 Å². The highest BCUT2D eigenvalue weighted by atomic mass is 35.5. The molecule has 0 fully saturated rings. The number of benzene rings is 1. The van der Waals surface area contributed by atoms with Gasteiger partial charge in [0, 0.05) is 10.6 Å². The summed E-state index contributed by atoms with van der Waals surface area (Å²) in [6, 6.07) is 2.89. The van der Waals surface area contributed by atoms with Crippen LogP contribution in [-0.4, -0.2) is 13.4 Å². The molecule has 108 valence electrons. The minimum Gasteiger partial charge on any atom is -0.398 e. The van der Waals surface area contributed by atoms with Crippen LogP contribution in [0.25, 0.3) is 0 Å². The lowest BCUT2D eigenvalue weighted by Gasteiger charge is -2.09. The van der Waals surface area contributed by atoms with E-state index in [0.717, 1.165) is 16.1 Å². The minimum absolute atomic E-state index is 0.0484. The third kappa shape index (κ3) is 2.89. The molecule has 2 aromatic rings. The first-order valence-electron chi connectivity index (χ1n) is 5.73. The number of thiazole rings is 1. The molecule has 0 spiro atoms. The molecule has 1 aromatic heterocycles. The molecule has 0 saturated heterocycles. The molecule has 2 rings (SSSR count). The van der Waals surface area contributed by atoms with Crippen molar-refractivity contribution in [2.45, 2.75) is 25.7 Å². The fourth-order valence-corrected chi connectivity index (χ4v) is 4.23. The van der Waals surface area contributed by atoms with Gasteiger partial charge >= 0.3 is 0 Å². The maximum atomic E-state index is 12.3. The van der Waals surface area contributed by atoms with Gasteiger partial charge in [-0.05, 0) is 38.5 Å². The Hall–Kier alpha value is -1.31. The Labute approximate surface area is 126 Å². The molecule has 5 nitrogen and oxygen atoms in total. The van der Waals surface area contributed by atoms with Gasteiger partial charge in [0.25, 0.3) is 10.0 Å². The standard InChI is InChI=1S/C12H14ClN3O2S2/c1-6-4-9(13)11(5-10(6)14)20(17,18)16-12-15-7(2)8(3)19-12/h4-5H,14H2,1-3H3,(H,15,16). The molecular weight excluding hydrogens is 318 g/mol. The number of hydrogen-bond donors (Lipinski definition) is 2. The first kappa shape index (κ1) is 15.1. The summed E-state index contributed by atoms with van der Waals surface area (Å²) in [5.74, 6) is 0. The highest BCUT2D eigenvalue weighted by Gasteiger charge is 2.21. The van der Waals surface area contributed by atoms with Gasteiger partial charge in [0.05, 0.1) is 10.7 Å². The summed E-state index contributed by atoms with van der Waals surface area (Å²) in [5, 5.41) is 0.449. The maximum Gasteiger partial charge on any atom is 0.265 e. The van der Waals surface area contributed by atoms with Crippen LogP contribution in [0.1, 0.15) is 16.1 Å². The lowest BCUT2D eigenvalue weighted by Crippen LogP contribution is -2.14. The molecule has 0 bridgehead atoms. The molecule has 0 amide bonds. The van der Waals surface area contributed by atoms with Crippen LogP contribution in [-0.2, 0) is 10.0 Å². The predicted molar refractivity (Wildman–Crippen MR) is 83.0 cm³/mol. The molecule has 1 heterocycles. The maximum absolute atomic E-state index is 12.3. The summed E-state index contributed by atoms with van der Waals surface area (Å²) >= 11 is 7.27. The quantitative estimate of drug-likeness (QED) is 0.846. The SMILES string of the molecule is Cc1cc(Cl)c(S(=O)(=O)Nc2nc(C)c(C)s2)cc1N. The van der Waals surface area contributed by atoms with Crippen LogP contribution in [0.4, 0.5) is 10.8 Å². The molecule has 20 heavy (non-hydrogen) atoms. The van der Waals surface area contributed by atoms with Crippen LogP contribution in [0.3, 0.4) is 0 Å². The van der Waals surface area contributed by atoms with Gasteiger partial charge in [0.15, 0.2) is 5.13 Å². The topological polar surface area (TPSA) is 85.1 Å². The zero-order chi connectivity index (χ0) is 15.1. The van der Waals surface area contributed by atoms with Crippen molar-refractivity contribution in [2.75, 3.05) is 10.5 Å². The number of halogens is 1. The monoisotopic (exact) mass is 331 g/mol. The number of aromatic nitrogens is 1. The van der Waals surface area contributed by atoms with Crippen molar-refractivity contribution in [1.82, 2.24) is 4.98 Å². The van der Waals surface area contributed by atoms with Gasteiger partial charge in [-0.3, -0.25) is 4.72 Å². The van der Waals surface area contributed by atoms with Gasteiger partial charge in [-0.2, -0.15) is 0 Å². The first-order valence-corrected chi connectivity index (χ1v) is 8.41. The van der Waals surface area contributed by atoms with Gasteiger partial charge in [0.2, 0.25) is 0 Å². The van der Waals surface area contributed by atoms with Gasteiger partial charge < -0.3 is 5.73 Å². The summed E-state index contributed by atoms with van der Waals surface area (Å²) in [5.41, 5.74) is 7.65. The van der Waals surface area contributed by atoms with Gasteiger partial charge in [0.1, 0.15) is 4.90 Å². The van der Waals surface area contributed by atoms with Crippen LogP contribution >= 0.6 is 22.9 Å². The number of nitrogen functional groups attached to an aromatic ring is 1. The number of sulfonamides is 1. The van der Waals surface area contributed by atoms with Crippen molar-refractivity contribution >= 4 is 43.8 Å². The Bertz CT molecular complexity index is 750. The second kappa shape index (κ2) is 5.23. The average Bonchev–Trinajstić information content (AvgIpc) is 2.61. The lowest BCUT2D eigenvalue weighted by molar-refractivity contribution is 0.601. The van der Waals surface area contributed by atoms with E-state index in [0.29, 0.717) is 10.8 Å². The lowest BCUT2D eigenvalue weighted by atomic mass is 10.2. The molecule has 8 heteroatoms. The van der Waals surface area contributed by atoms with E-state index in [9.17, 15) is 8.42 Å². The van der Waals surface area contributed by atoms with E-state index >= 15 is 0 Å². The van der Waals surface area contributed by atoms with Crippen molar-refractivity contribution in [3.63, 3.8) is 0 Å². The number of anilines is 2. The Kier molecular flexibility index (Phi) is 3.95. The predicted octanol–water partition coefficient (Wildman–Crippen LogP) is 3.10. The van der Waals surface area contributed by atoms with E-state index in [1.54, 1.807) is 6.92 Å². The van der Waals surface area contributed by atoms with Crippen molar-refractivity contribution < 1.29 is 8.42 Å². The van der Waals surface area contributed by atoms with Crippen molar-refractivity contribution in [3.05, 3.63) is 33.3 Å². The number of aryl methyl sites for hydroxylation is 3. The fourth-order valence-electron chi connectivity index (χ4n) is 1.56. The molecule has 0 radical (unpaired) electrons.